The third-order valence-electron chi connectivity index (χ3n) is 3.83. The average Bonchev–Trinajstić information content (AvgIpc) is 2.68. The first-order chi connectivity index (χ1) is 12.6. The molecule has 0 radical (unpaired) electrons. The number of anilines is 2. The molecule has 0 unspecified atom stereocenters. The van der Waals surface area contributed by atoms with Crippen LogP contribution in [0.1, 0.15) is 21.6 Å². The van der Waals surface area contributed by atoms with Crippen molar-refractivity contribution < 1.29 is 9.53 Å². The highest BCUT2D eigenvalue weighted by Crippen LogP contribution is 2.15. The quantitative estimate of drug-likeness (QED) is 0.711. The lowest BCUT2D eigenvalue weighted by Crippen LogP contribution is -2.14. The Balaban J connectivity index is 1.57. The van der Waals surface area contributed by atoms with Crippen LogP contribution in [0.4, 0.5) is 11.5 Å². The molecule has 1 heterocycles. The summed E-state index contributed by atoms with van der Waals surface area (Å²) in [5.74, 6) is 1.03. The van der Waals surface area contributed by atoms with Gasteiger partial charge in [0.2, 0.25) is 0 Å². The second-order valence-electron chi connectivity index (χ2n) is 5.81. The summed E-state index contributed by atoms with van der Waals surface area (Å²) in [5.41, 5.74) is 3.29. The Morgan fingerprint density at radius 1 is 1.00 bits per heavy atom. The number of hydrogen-bond donors (Lipinski definition) is 2. The molecule has 0 spiro atoms. The van der Waals surface area contributed by atoms with Crippen LogP contribution in [-0.4, -0.2) is 23.0 Å². The molecule has 26 heavy (non-hydrogen) atoms. The molecular formula is C20H20N4O2. The van der Waals surface area contributed by atoms with Crippen LogP contribution in [0.2, 0.25) is 0 Å². The van der Waals surface area contributed by atoms with Crippen LogP contribution in [-0.2, 0) is 6.54 Å². The van der Waals surface area contributed by atoms with E-state index >= 15 is 0 Å². The fraction of sp³-hybridized carbons (Fsp3) is 0.150. The summed E-state index contributed by atoms with van der Waals surface area (Å²) in [5, 5.41) is 5.96. The molecule has 1 amide bonds. The van der Waals surface area contributed by atoms with Crippen LogP contribution in [0.5, 0.6) is 5.75 Å². The molecule has 0 saturated heterocycles. The Labute approximate surface area is 152 Å². The smallest absolute Gasteiger partial charge is 0.275 e. The molecule has 6 nitrogen and oxygen atoms in total. The van der Waals surface area contributed by atoms with Crippen molar-refractivity contribution in [3.05, 3.63) is 77.7 Å². The van der Waals surface area contributed by atoms with Gasteiger partial charge in [-0.2, -0.15) is 0 Å². The van der Waals surface area contributed by atoms with Gasteiger partial charge in [0.1, 0.15) is 17.3 Å². The fourth-order valence-corrected chi connectivity index (χ4v) is 2.30. The Bertz CT molecular complexity index is 860. The van der Waals surface area contributed by atoms with Crippen molar-refractivity contribution >= 4 is 17.4 Å². The maximum absolute atomic E-state index is 12.2. The minimum atomic E-state index is -0.312. The number of carbonyl (C=O) groups is 1. The van der Waals surface area contributed by atoms with Gasteiger partial charge in [-0.25, -0.2) is 9.97 Å². The van der Waals surface area contributed by atoms with Crippen LogP contribution >= 0.6 is 0 Å². The molecule has 0 saturated carbocycles. The highest BCUT2D eigenvalue weighted by atomic mass is 16.5. The molecule has 0 fully saturated rings. The molecule has 0 atom stereocenters. The van der Waals surface area contributed by atoms with Gasteiger partial charge in [0.15, 0.2) is 0 Å². The van der Waals surface area contributed by atoms with Crippen LogP contribution in [0.25, 0.3) is 0 Å². The van der Waals surface area contributed by atoms with Gasteiger partial charge in [0.25, 0.3) is 5.91 Å². The molecule has 1 aromatic heterocycles. The Morgan fingerprint density at radius 3 is 2.35 bits per heavy atom. The molecule has 6 heteroatoms. The topological polar surface area (TPSA) is 76.1 Å². The largest absolute Gasteiger partial charge is 0.497 e. The van der Waals surface area contributed by atoms with E-state index < -0.39 is 0 Å². The van der Waals surface area contributed by atoms with E-state index in [1.807, 2.05) is 0 Å². The average molecular weight is 348 g/mol. The molecule has 2 N–H and O–H groups in total. The summed E-state index contributed by atoms with van der Waals surface area (Å²) in [7, 11) is 1.59. The van der Waals surface area contributed by atoms with Crippen molar-refractivity contribution in [1.29, 1.82) is 0 Å². The molecule has 0 aliphatic heterocycles. The number of carbonyl (C=O) groups excluding carboxylic acids is 1. The maximum atomic E-state index is 12.2. The predicted octanol–water partition coefficient (Wildman–Crippen LogP) is 3.66. The molecular weight excluding hydrogens is 328 g/mol. The Hall–Kier alpha value is -3.41. The second kappa shape index (κ2) is 8.11. The number of aryl methyl sites for hydroxylation is 1. The standard InChI is InChI=1S/C20H20N4O2/c1-14-3-5-15(6-4-14)11-22-19-13-21-18(12-23-19)20(25)24-16-7-9-17(26-2)10-8-16/h3-10,12-13H,11H2,1-2H3,(H,22,23)(H,24,25). The van der Waals surface area contributed by atoms with Gasteiger partial charge in [-0.1, -0.05) is 29.8 Å². The molecule has 3 rings (SSSR count). The van der Waals surface area contributed by atoms with Crippen LogP contribution < -0.4 is 15.4 Å². The van der Waals surface area contributed by atoms with E-state index in [-0.39, 0.29) is 11.6 Å². The van der Waals surface area contributed by atoms with E-state index in [1.165, 1.54) is 11.8 Å². The number of rotatable bonds is 6. The third kappa shape index (κ3) is 4.57. The van der Waals surface area contributed by atoms with E-state index in [4.69, 9.17) is 4.74 Å². The van der Waals surface area contributed by atoms with Crippen molar-refractivity contribution in [3.63, 3.8) is 0 Å². The zero-order valence-corrected chi connectivity index (χ0v) is 14.7. The second-order valence-corrected chi connectivity index (χ2v) is 5.81. The van der Waals surface area contributed by atoms with Gasteiger partial charge >= 0.3 is 0 Å². The van der Waals surface area contributed by atoms with E-state index in [2.05, 4.69) is 51.8 Å². The normalized spacial score (nSPS) is 10.2. The molecule has 132 valence electrons. The summed E-state index contributed by atoms with van der Waals surface area (Å²) in [6.07, 6.45) is 3.01. The van der Waals surface area contributed by atoms with Crippen molar-refractivity contribution in [2.45, 2.75) is 13.5 Å². The molecule has 0 aliphatic carbocycles. The summed E-state index contributed by atoms with van der Waals surface area (Å²) in [4.78, 5) is 20.6. The SMILES string of the molecule is COc1ccc(NC(=O)c2cnc(NCc3ccc(C)cc3)cn2)cc1. The number of nitrogens with zero attached hydrogens (tertiary/aromatic N) is 2. The number of nitrogens with one attached hydrogen (secondary N) is 2. The number of amides is 1. The van der Waals surface area contributed by atoms with Crippen molar-refractivity contribution in [1.82, 2.24) is 9.97 Å². The lowest BCUT2D eigenvalue weighted by molar-refractivity contribution is 0.102. The third-order valence-corrected chi connectivity index (χ3v) is 3.83. The number of benzene rings is 2. The van der Waals surface area contributed by atoms with Crippen molar-refractivity contribution in [3.8, 4) is 5.75 Å². The minimum absolute atomic E-state index is 0.252. The molecule has 0 aliphatic rings. The molecule has 3 aromatic rings. The Kier molecular flexibility index (Phi) is 5.43. The Morgan fingerprint density at radius 2 is 1.73 bits per heavy atom. The summed E-state index contributed by atoms with van der Waals surface area (Å²) in [6.45, 7) is 2.70. The predicted molar refractivity (Wildman–Crippen MR) is 101 cm³/mol. The maximum Gasteiger partial charge on any atom is 0.275 e. The summed E-state index contributed by atoms with van der Waals surface area (Å²) in [6, 6.07) is 15.3. The first-order valence-electron chi connectivity index (χ1n) is 8.21. The monoisotopic (exact) mass is 348 g/mol. The van der Waals surface area contributed by atoms with Crippen LogP contribution in [0.3, 0.4) is 0 Å². The van der Waals surface area contributed by atoms with E-state index in [1.54, 1.807) is 37.6 Å². The number of ether oxygens (including phenoxy) is 1. The minimum Gasteiger partial charge on any atom is -0.497 e. The number of aromatic nitrogens is 2. The van der Waals surface area contributed by atoms with Crippen LogP contribution in [0.15, 0.2) is 60.9 Å². The van der Waals surface area contributed by atoms with E-state index in [0.29, 0.717) is 18.1 Å². The lowest BCUT2D eigenvalue weighted by atomic mass is 10.1. The first-order valence-corrected chi connectivity index (χ1v) is 8.21. The van der Waals surface area contributed by atoms with E-state index in [9.17, 15) is 4.79 Å². The zero-order chi connectivity index (χ0) is 18.4. The fourth-order valence-electron chi connectivity index (χ4n) is 2.30. The van der Waals surface area contributed by atoms with Gasteiger partial charge < -0.3 is 15.4 Å². The van der Waals surface area contributed by atoms with Gasteiger partial charge in [0, 0.05) is 12.2 Å². The highest BCUT2D eigenvalue weighted by molar-refractivity contribution is 6.02. The molecule has 2 aromatic carbocycles. The van der Waals surface area contributed by atoms with Crippen LogP contribution in [0, 0.1) is 6.92 Å². The summed E-state index contributed by atoms with van der Waals surface area (Å²) >= 11 is 0. The van der Waals surface area contributed by atoms with Gasteiger partial charge in [-0.05, 0) is 36.8 Å². The summed E-state index contributed by atoms with van der Waals surface area (Å²) < 4.78 is 5.09. The van der Waals surface area contributed by atoms with Gasteiger partial charge in [0.05, 0.1) is 19.5 Å². The molecule has 0 bridgehead atoms. The highest BCUT2D eigenvalue weighted by Gasteiger charge is 2.08. The van der Waals surface area contributed by atoms with Crippen molar-refractivity contribution in [2.24, 2.45) is 0 Å². The number of methoxy groups -OCH3 is 1. The number of hydrogen-bond acceptors (Lipinski definition) is 5. The lowest BCUT2D eigenvalue weighted by Gasteiger charge is -2.08. The van der Waals surface area contributed by atoms with Gasteiger partial charge in [-0.3, -0.25) is 4.79 Å². The van der Waals surface area contributed by atoms with E-state index in [0.717, 1.165) is 11.3 Å². The van der Waals surface area contributed by atoms with Gasteiger partial charge in [-0.15, -0.1) is 0 Å². The van der Waals surface area contributed by atoms with Crippen molar-refractivity contribution in [2.75, 3.05) is 17.7 Å². The first kappa shape index (κ1) is 17.4. The zero-order valence-electron chi connectivity index (χ0n) is 14.7.